The van der Waals surface area contributed by atoms with Gasteiger partial charge in [-0.2, -0.15) is 0 Å². The van der Waals surface area contributed by atoms with Gasteiger partial charge in [-0.1, -0.05) is 66.7 Å². The fourth-order valence-electron chi connectivity index (χ4n) is 5.82. The van der Waals surface area contributed by atoms with Crippen LogP contribution >= 0.6 is 11.8 Å². The van der Waals surface area contributed by atoms with Crippen LogP contribution < -0.4 is 9.47 Å². The highest BCUT2D eigenvalue weighted by molar-refractivity contribution is 8.02. The Morgan fingerprint density at radius 3 is 2.06 bits per heavy atom. The summed E-state index contributed by atoms with van der Waals surface area (Å²) in [6.07, 6.45) is -0.706. The second-order valence-corrected chi connectivity index (χ2v) is 13.3. The maximum absolute atomic E-state index is 13.6. The average Bonchev–Trinajstić information content (AvgIpc) is 3.18. The highest BCUT2D eigenvalue weighted by atomic mass is 32.2. The van der Waals surface area contributed by atoms with Crippen LogP contribution in [0.25, 0.3) is 0 Å². The van der Waals surface area contributed by atoms with E-state index in [0.717, 1.165) is 11.1 Å². The SMILES string of the molecule is O=C(Cc1ccccc1)CC1C(=O)N2C(C(=O)OCc3ccc(CO)cc3)C(COc3ccc(COC(=O)Oc4ccc([N+](=O)[O-])cc4)cc3)=CSC12. The van der Waals surface area contributed by atoms with E-state index in [1.807, 2.05) is 30.3 Å². The van der Waals surface area contributed by atoms with Crippen LogP contribution in [-0.2, 0) is 50.1 Å². The molecule has 0 saturated carbocycles. The molecule has 0 bridgehead atoms. The third-order valence-corrected chi connectivity index (χ3v) is 9.89. The molecule has 0 aromatic heterocycles. The number of carbonyl (C=O) groups excluding carboxylic acids is 4. The van der Waals surface area contributed by atoms with Crippen molar-refractivity contribution in [2.24, 2.45) is 5.92 Å². The third-order valence-electron chi connectivity index (χ3n) is 8.61. The molecule has 0 radical (unpaired) electrons. The molecule has 3 unspecified atom stereocenters. The number of rotatable bonds is 15. The van der Waals surface area contributed by atoms with Crippen molar-refractivity contribution in [2.75, 3.05) is 6.61 Å². The summed E-state index contributed by atoms with van der Waals surface area (Å²) >= 11 is 1.36. The number of nitro groups is 1. The molecule has 0 aliphatic carbocycles. The topological polar surface area (TPSA) is 172 Å². The molecule has 14 heteroatoms. The van der Waals surface area contributed by atoms with Gasteiger partial charge in [-0.05, 0) is 51.9 Å². The van der Waals surface area contributed by atoms with Gasteiger partial charge in [0.05, 0.1) is 22.8 Å². The molecule has 2 heterocycles. The van der Waals surface area contributed by atoms with E-state index in [-0.39, 0.29) is 62.4 Å². The smallest absolute Gasteiger partial charge is 0.489 e. The molecule has 1 amide bonds. The van der Waals surface area contributed by atoms with Crippen molar-refractivity contribution < 1.29 is 48.2 Å². The molecule has 4 aromatic rings. The van der Waals surface area contributed by atoms with Crippen molar-refractivity contribution in [2.45, 2.75) is 44.1 Å². The van der Waals surface area contributed by atoms with E-state index in [1.54, 1.807) is 53.9 Å². The Kier molecular flexibility index (Phi) is 11.8. The standard InChI is InChI=1S/C39H34N2O11S/c42-20-26-6-8-27(9-7-26)21-50-38(45)35-29(24-53-37-34(36(44)40(35)37)19-31(43)18-25-4-2-1-3-5-25)23-49-32-14-10-28(11-15-32)22-51-39(46)52-33-16-12-30(13-17-33)41(47)48/h1-17,24,34-35,37,42H,18-23H2. The molecule has 272 valence electrons. The summed E-state index contributed by atoms with van der Waals surface area (Å²) in [6.45, 7) is -0.306. The Bertz CT molecular complexity index is 1980. The predicted octanol–water partition coefficient (Wildman–Crippen LogP) is 5.91. The minimum Gasteiger partial charge on any atom is -0.489 e. The number of β-lactam (4-membered cyclic amide) rings is 1. The van der Waals surface area contributed by atoms with Gasteiger partial charge in [-0.15, -0.1) is 11.8 Å². The van der Waals surface area contributed by atoms with Crippen LogP contribution in [0.5, 0.6) is 11.5 Å². The van der Waals surface area contributed by atoms with E-state index in [9.17, 15) is 34.4 Å². The summed E-state index contributed by atoms with van der Waals surface area (Å²) < 4.78 is 21.9. The van der Waals surface area contributed by atoms with E-state index < -0.39 is 34.4 Å². The lowest BCUT2D eigenvalue weighted by atomic mass is 9.87. The van der Waals surface area contributed by atoms with E-state index in [2.05, 4.69) is 0 Å². The average molecular weight is 739 g/mol. The molecule has 1 saturated heterocycles. The Hall–Kier alpha value is -5.99. The van der Waals surface area contributed by atoms with Crippen LogP contribution in [0.15, 0.2) is 114 Å². The number of benzene rings is 4. The van der Waals surface area contributed by atoms with Crippen molar-refractivity contribution in [1.29, 1.82) is 0 Å². The third kappa shape index (κ3) is 9.28. The Labute approximate surface area is 308 Å². The van der Waals surface area contributed by atoms with Gasteiger partial charge < -0.3 is 29.0 Å². The summed E-state index contributed by atoms with van der Waals surface area (Å²) in [5.74, 6) is -1.03. The minimum absolute atomic E-state index is 0.0382. The number of aliphatic hydroxyl groups is 1. The predicted molar refractivity (Wildman–Crippen MR) is 191 cm³/mol. The molecule has 1 fully saturated rings. The van der Waals surface area contributed by atoms with Crippen molar-refractivity contribution in [1.82, 2.24) is 4.90 Å². The van der Waals surface area contributed by atoms with Crippen LogP contribution in [0.2, 0.25) is 0 Å². The van der Waals surface area contributed by atoms with Gasteiger partial charge in [0.2, 0.25) is 5.91 Å². The fourth-order valence-corrected chi connectivity index (χ4v) is 7.09. The van der Waals surface area contributed by atoms with Gasteiger partial charge in [0, 0.05) is 30.5 Å². The number of thioether (sulfide) groups is 1. The lowest BCUT2D eigenvalue weighted by molar-refractivity contribution is -0.384. The van der Waals surface area contributed by atoms with Crippen molar-refractivity contribution in [3.63, 3.8) is 0 Å². The van der Waals surface area contributed by atoms with Crippen LogP contribution in [0.4, 0.5) is 10.5 Å². The molecule has 53 heavy (non-hydrogen) atoms. The number of fused-ring (bicyclic) bond motifs is 1. The molecule has 2 aliphatic heterocycles. The van der Waals surface area contributed by atoms with Gasteiger partial charge >= 0.3 is 12.1 Å². The molecular formula is C39H34N2O11S. The number of ether oxygens (including phenoxy) is 4. The van der Waals surface area contributed by atoms with Crippen LogP contribution in [0, 0.1) is 16.0 Å². The molecule has 6 rings (SSSR count). The summed E-state index contributed by atoms with van der Waals surface area (Å²) in [5, 5.41) is 21.5. The molecule has 13 nitrogen and oxygen atoms in total. The van der Waals surface area contributed by atoms with Crippen molar-refractivity contribution in [3.8, 4) is 11.5 Å². The lowest BCUT2D eigenvalue weighted by Crippen LogP contribution is -2.67. The normalized spacial score (nSPS) is 17.5. The van der Waals surface area contributed by atoms with Crippen LogP contribution in [0.1, 0.15) is 28.7 Å². The van der Waals surface area contributed by atoms with Gasteiger partial charge in [0.25, 0.3) is 5.69 Å². The number of nitro benzene ring substituents is 1. The summed E-state index contributed by atoms with van der Waals surface area (Å²) in [5.41, 5.74) is 3.29. The number of carbonyl (C=O) groups is 4. The van der Waals surface area contributed by atoms with Crippen LogP contribution in [-0.4, -0.2) is 56.8 Å². The van der Waals surface area contributed by atoms with Crippen LogP contribution in [0.3, 0.4) is 0 Å². The van der Waals surface area contributed by atoms with Crippen molar-refractivity contribution in [3.05, 3.63) is 146 Å². The summed E-state index contributed by atoms with van der Waals surface area (Å²) in [6, 6.07) is 26.9. The zero-order valence-electron chi connectivity index (χ0n) is 28.2. The first-order valence-corrected chi connectivity index (χ1v) is 17.5. The monoisotopic (exact) mass is 738 g/mol. The number of Topliss-reactive ketones (excluding diaryl/α,β-unsaturated/α-hetero) is 1. The zero-order chi connectivity index (χ0) is 37.3. The molecule has 0 spiro atoms. The second-order valence-electron chi connectivity index (χ2n) is 12.3. The van der Waals surface area contributed by atoms with E-state index in [1.165, 1.54) is 40.9 Å². The first-order valence-electron chi connectivity index (χ1n) is 16.6. The number of amides is 1. The zero-order valence-corrected chi connectivity index (χ0v) is 29.0. The molecule has 1 N–H and O–H groups in total. The minimum atomic E-state index is -1.06. The second kappa shape index (κ2) is 17.0. The van der Waals surface area contributed by atoms with Gasteiger partial charge in [0.15, 0.2) is 6.04 Å². The Morgan fingerprint density at radius 2 is 1.40 bits per heavy atom. The highest BCUT2D eigenvalue weighted by Gasteiger charge is 2.55. The van der Waals surface area contributed by atoms with Gasteiger partial charge in [0.1, 0.15) is 37.1 Å². The first-order chi connectivity index (χ1) is 25.7. The number of nitrogens with zero attached hydrogens (tertiary/aromatic N) is 2. The number of non-ortho nitro benzene ring substituents is 1. The highest BCUT2D eigenvalue weighted by Crippen LogP contribution is 2.45. The largest absolute Gasteiger partial charge is 0.514 e. The number of ketones is 1. The number of esters is 1. The Morgan fingerprint density at radius 1 is 0.774 bits per heavy atom. The quantitative estimate of drug-likeness (QED) is 0.0503. The molecule has 3 atom stereocenters. The molecular weight excluding hydrogens is 704 g/mol. The van der Waals surface area contributed by atoms with E-state index >= 15 is 0 Å². The lowest BCUT2D eigenvalue weighted by Gasteiger charge is -2.51. The van der Waals surface area contributed by atoms with E-state index in [0.29, 0.717) is 22.4 Å². The van der Waals surface area contributed by atoms with E-state index in [4.69, 9.17) is 18.9 Å². The number of aliphatic hydroxyl groups excluding tert-OH is 1. The molecule has 4 aromatic carbocycles. The maximum Gasteiger partial charge on any atom is 0.514 e. The fraction of sp³-hybridized carbons (Fsp3) is 0.231. The van der Waals surface area contributed by atoms with Crippen molar-refractivity contribution >= 4 is 41.3 Å². The number of hydrogen-bond donors (Lipinski definition) is 1. The molecule has 2 aliphatic rings. The first kappa shape index (κ1) is 36.8. The summed E-state index contributed by atoms with van der Waals surface area (Å²) in [7, 11) is 0. The Balaban J connectivity index is 1.07. The maximum atomic E-state index is 13.6. The van der Waals surface area contributed by atoms with Gasteiger partial charge in [-0.3, -0.25) is 19.7 Å². The number of hydrogen-bond acceptors (Lipinski definition) is 12. The summed E-state index contributed by atoms with van der Waals surface area (Å²) in [4.78, 5) is 63.9. The van der Waals surface area contributed by atoms with Gasteiger partial charge in [-0.25, -0.2) is 9.59 Å².